The van der Waals surface area contributed by atoms with Crippen LogP contribution in [0.25, 0.3) is 0 Å². The van der Waals surface area contributed by atoms with E-state index in [-0.39, 0.29) is 0 Å². The molecule has 0 atom stereocenters. The van der Waals surface area contributed by atoms with E-state index in [1.54, 1.807) is 6.20 Å². The zero-order chi connectivity index (χ0) is 10.4. The summed E-state index contributed by atoms with van der Waals surface area (Å²) in [7, 11) is 4.02. The van der Waals surface area contributed by atoms with Crippen LogP contribution in [0.5, 0.6) is 5.75 Å². The number of rotatable bonds is 5. The topological polar surface area (TPSA) is 51.4 Å². The first-order chi connectivity index (χ1) is 6.74. The number of pyridine rings is 1. The van der Waals surface area contributed by atoms with Gasteiger partial charge in [0, 0.05) is 19.3 Å². The van der Waals surface area contributed by atoms with Gasteiger partial charge in [0.15, 0.2) is 0 Å². The average Bonchev–Trinajstić information content (AvgIpc) is 2.18. The molecule has 0 amide bonds. The van der Waals surface area contributed by atoms with Crippen molar-refractivity contribution in [1.29, 1.82) is 0 Å². The van der Waals surface area contributed by atoms with Gasteiger partial charge in [-0.3, -0.25) is 4.98 Å². The smallest absolute Gasteiger partial charge is 0.142 e. The van der Waals surface area contributed by atoms with E-state index in [4.69, 9.17) is 10.5 Å². The van der Waals surface area contributed by atoms with Crippen molar-refractivity contribution in [2.75, 3.05) is 27.2 Å². The molecule has 0 bridgehead atoms. The Hall–Kier alpha value is -1.13. The lowest BCUT2D eigenvalue weighted by atomic mass is 10.3. The van der Waals surface area contributed by atoms with E-state index in [1.807, 2.05) is 26.2 Å². The van der Waals surface area contributed by atoms with Gasteiger partial charge in [0.2, 0.25) is 0 Å². The molecule has 1 rings (SSSR count). The van der Waals surface area contributed by atoms with Gasteiger partial charge in [-0.1, -0.05) is 0 Å². The standard InChI is InChI=1S/C10H17N3O/c1-13(2)6-7-14-10-4-3-5-12-9(10)8-11/h3-5H,6-8,11H2,1-2H3. The maximum atomic E-state index is 5.55. The maximum absolute atomic E-state index is 5.55. The first-order valence-corrected chi connectivity index (χ1v) is 4.65. The summed E-state index contributed by atoms with van der Waals surface area (Å²) >= 11 is 0. The van der Waals surface area contributed by atoms with Crippen molar-refractivity contribution < 1.29 is 4.74 Å². The highest BCUT2D eigenvalue weighted by Crippen LogP contribution is 2.13. The minimum Gasteiger partial charge on any atom is -0.490 e. The van der Waals surface area contributed by atoms with Gasteiger partial charge in [-0.15, -0.1) is 0 Å². The van der Waals surface area contributed by atoms with Crippen molar-refractivity contribution in [3.05, 3.63) is 24.0 Å². The third kappa shape index (κ3) is 3.32. The van der Waals surface area contributed by atoms with Gasteiger partial charge in [-0.25, -0.2) is 0 Å². The van der Waals surface area contributed by atoms with E-state index in [0.717, 1.165) is 18.0 Å². The van der Waals surface area contributed by atoms with Crippen molar-refractivity contribution in [3.8, 4) is 5.75 Å². The van der Waals surface area contributed by atoms with E-state index in [9.17, 15) is 0 Å². The molecular weight excluding hydrogens is 178 g/mol. The fraction of sp³-hybridized carbons (Fsp3) is 0.500. The predicted molar refractivity (Wildman–Crippen MR) is 56.2 cm³/mol. The fourth-order valence-electron chi connectivity index (χ4n) is 1.05. The molecule has 0 spiro atoms. The Bertz CT molecular complexity index is 276. The van der Waals surface area contributed by atoms with Crippen molar-refractivity contribution in [2.24, 2.45) is 5.73 Å². The minimum absolute atomic E-state index is 0.415. The molecule has 14 heavy (non-hydrogen) atoms. The summed E-state index contributed by atoms with van der Waals surface area (Å²) in [5.41, 5.74) is 6.34. The molecule has 78 valence electrons. The average molecular weight is 195 g/mol. The van der Waals surface area contributed by atoms with Crippen LogP contribution in [0.1, 0.15) is 5.69 Å². The lowest BCUT2D eigenvalue weighted by Crippen LogP contribution is -2.20. The number of hydrogen-bond acceptors (Lipinski definition) is 4. The van der Waals surface area contributed by atoms with Crippen molar-refractivity contribution in [2.45, 2.75) is 6.54 Å². The number of likely N-dealkylation sites (N-methyl/N-ethyl adjacent to an activating group) is 1. The van der Waals surface area contributed by atoms with E-state index in [1.165, 1.54) is 0 Å². The van der Waals surface area contributed by atoms with Crippen LogP contribution in [0, 0.1) is 0 Å². The quantitative estimate of drug-likeness (QED) is 0.742. The zero-order valence-corrected chi connectivity index (χ0v) is 8.73. The van der Waals surface area contributed by atoms with E-state index in [0.29, 0.717) is 13.2 Å². The van der Waals surface area contributed by atoms with Crippen LogP contribution >= 0.6 is 0 Å². The Balaban J connectivity index is 2.49. The van der Waals surface area contributed by atoms with Gasteiger partial charge in [0.1, 0.15) is 12.4 Å². The number of hydrogen-bond donors (Lipinski definition) is 1. The Kier molecular flexibility index (Phi) is 4.35. The number of ether oxygens (including phenoxy) is 1. The van der Waals surface area contributed by atoms with Crippen LogP contribution in [0.15, 0.2) is 18.3 Å². The molecule has 1 aromatic rings. The predicted octanol–water partition coefficient (Wildman–Crippen LogP) is 0.481. The molecule has 0 aliphatic rings. The van der Waals surface area contributed by atoms with Crippen molar-refractivity contribution in [3.63, 3.8) is 0 Å². The van der Waals surface area contributed by atoms with Gasteiger partial charge in [0.25, 0.3) is 0 Å². The molecule has 0 saturated heterocycles. The monoisotopic (exact) mass is 195 g/mol. The second kappa shape index (κ2) is 5.57. The highest BCUT2D eigenvalue weighted by Gasteiger charge is 2.01. The molecule has 0 saturated carbocycles. The molecule has 0 radical (unpaired) electrons. The van der Waals surface area contributed by atoms with E-state index >= 15 is 0 Å². The summed E-state index contributed by atoms with van der Waals surface area (Å²) in [4.78, 5) is 6.20. The third-order valence-electron chi connectivity index (χ3n) is 1.84. The fourth-order valence-corrected chi connectivity index (χ4v) is 1.05. The SMILES string of the molecule is CN(C)CCOc1cccnc1CN. The van der Waals surface area contributed by atoms with Crippen LogP contribution in [0.4, 0.5) is 0 Å². The van der Waals surface area contributed by atoms with Gasteiger partial charge < -0.3 is 15.4 Å². The summed E-state index contributed by atoms with van der Waals surface area (Å²) in [5, 5.41) is 0. The largest absolute Gasteiger partial charge is 0.490 e. The van der Waals surface area contributed by atoms with Crippen LogP contribution < -0.4 is 10.5 Å². The Morgan fingerprint density at radius 1 is 1.50 bits per heavy atom. The molecule has 1 aromatic heterocycles. The third-order valence-corrected chi connectivity index (χ3v) is 1.84. The second-order valence-corrected chi connectivity index (χ2v) is 3.30. The van der Waals surface area contributed by atoms with Gasteiger partial charge in [-0.05, 0) is 26.2 Å². The molecule has 4 nitrogen and oxygen atoms in total. The van der Waals surface area contributed by atoms with Crippen LogP contribution in [0.3, 0.4) is 0 Å². The van der Waals surface area contributed by atoms with Crippen LogP contribution in [0.2, 0.25) is 0 Å². The zero-order valence-electron chi connectivity index (χ0n) is 8.73. The molecule has 0 aromatic carbocycles. The number of nitrogens with zero attached hydrogens (tertiary/aromatic N) is 2. The number of aromatic nitrogens is 1. The number of nitrogens with two attached hydrogens (primary N) is 1. The normalized spacial score (nSPS) is 10.6. The maximum Gasteiger partial charge on any atom is 0.142 e. The lowest BCUT2D eigenvalue weighted by Gasteiger charge is -2.12. The summed E-state index contributed by atoms with van der Waals surface area (Å²) in [6.07, 6.45) is 1.72. The Morgan fingerprint density at radius 3 is 2.93 bits per heavy atom. The van der Waals surface area contributed by atoms with Crippen molar-refractivity contribution >= 4 is 0 Å². The summed E-state index contributed by atoms with van der Waals surface area (Å²) < 4.78 is 5.55. The highest BCUT2D eigenvalue weighted by molar-refractivity contribution is 5.26. The summed E-state index contributed by atoms with van der Waals surface area (Å²) in [6.45, 7) is 1.96. The summed E-state index contributed by atoms with van der Waals surface area (Å²) in [6, 6.07) is 3.75. The molecular formula is C10H17N3O. The van der Waals surface area contributed by atoms with Crippen LogP contribution in [-0.4, -0.2) is 37.1 Å². The van der Waals surface area contributed by atoms with Gasteiger partial charge in [-0.2, -0.15) is 0 Å². The van der Waals surface area contributed by atoms with Gasteiger partial charge >= 0.3 is 0 Å². The summed E-state index contributed by atoms with van der Waals surface area (Å²) in [5.74, 6) is 0.789. The Labute approximate surface area is 84.7 Å². The molecule has 0 fully saturated rings. The first-order valence-electron chi connectivity index (χ1n) is 4.65. The first kappa shape index (κ1) is 10.9. The molecule has 0 unspecified atom stereocenters. The Morgan fingerprint density at radius 2 is 2.29 bits per heavy atom. The second-order valence-electron chi connectivity index (χ2n) is 3.30. The lowest BCUT2D eigenvalue weighted by molar-refractivity contribution is 0.258. The molecule has 1 heterocycles. The minimum atomic E-state index is 0.415. The van der Waals surface area contributed by atoms with Gasteiger partial charge in [0.05, 0.1) is 5.69 Å². The highest BCUT2D eigenvalue weighted by atomic mass is 16.5. The van der Waals surface area contributed by atoms with Crippen LogP contribution in [-0.2, 0) is 6.54 Å². The van der Waals surface area contributed by atoms with Crippen molar-refractivity contribution in [1.82, 2.24) is 9.88 Å². The molecule has 0 aliphatic carbocycles. The molecule has 2 N–H and O–H groups in total. The van der Waals surface area contributed by atoms with E-state index < -0.39 is 0 Å². The molecule has 0 aliphatic heterocycles. The molecule has 4 heteroatoms. The van der Waals surface area contributed by atoms with E-state index in [2.05, 4.69) is 9.88 Å².